The molecule has 1 fully saturated rings. The topological polar surface area (TPSA) is 89.9 Å². The Morgan fingerprint density at radius 1 is 1.17 bits per heavy atom. The number of carbonyl (C=O) groups is 3. The van der Waals surface area contributed by atoms with Crippen LogP contribution >= 0.6 is 11.6 Å². The van der Waals surface area contributed by atoms with Crippen molar-refractivity contribution >= 4 is 29.5 Å². The SMILES string of the molecule is O=C(O)CCNC(=O)N1CCN(C(=O)c2ccc(F)cc2Cl)CC1. The van der Waals surface area contributed by atoms with E-state index in [0.29, 0.717) is 26.2 Å². The molecule has 130 valence electrons. The number of rotatable bonds is 4. The molecule has 0 unspecified atom stereocenters. The molecule has 0 saturated carbocycles. The number of benzene rings is 1. The molecule has 1 aromatic rings. The Morgan fingerprint density at radius 2 is 1.79 bits per heavy atom. The fourth-order valence-corrected chi connectivity index (χ4v) is 2.58. The van der Waals surface area contributed by atoms with Crippen molar-refractivity contribution in [3.63, 3.8) is 0 Å². The average Bonchev–Trinajstić information content (AvgIpc) is 2.54. The van der Waals surface area contributed by atoms with Gasteiger partial charge >= 0.3 is 12.0 Å². The first-order valence-electron chi connectivity index (χ1n) is 7.37. The molecule has 0 atom stereocenters. The summed E-state index contributed by atoms with van der Waals surface area (Å²) in [4.78, 5) is 37.7. The third kappa shape index (κ3) is 4.58. The van der Waals surface area contributed by atoms with Gasteiger partial charge in [0, 0.05) is 32.7 Å². The summed E-state index contributed by atoms with van der Waals surface area (Å²) in [5, 5.41) is 11.1. The molecular formula is C15H17ClFN3O4. The van der Waals surface area contributed by atoms with Gasteiger partial charge < -0.3 is 20.2 Å². The van der Waals surface area contributed by atoms with Crippen molar-refractivity contribution in [3.8, 4) is 0 Å². The molecule has 9 heteroatoms. The minimum absolute atomic E-state index is 0.0499. The van der Waals surface area contributed by atoms with Crippen LogP contribution in [0.15, 0.2) is 18.2 Å². The highest BCUT2D eigenvalue weighted by Crippen LogP contribution is 2.19. The Kier molecular flexibility index (Phi) is 5.97. The van der Waals surface area contributed by atoms with Gasteiger partial charge in [0.2, 0.25) is 0 Å². The standard InChI is InChI=1S/C15H17ClFN3O4/c16-12-9-10(17)1-2-11(12)14(23)19-5-7-20(8-6-19)15(24)18-4-3-13(21)22/h1-2,9H,3-8H2,(H,18,24)(H,21,22). The van der Waals surface area contributed by atoms with Gasteiger partial charge in [0.15, 0.2) is 0 Å². The lowest BCUT2D eigenvalue weighted by molar-refractivity contribution is -0.136. The number of piperazine rings is 1. The van der Waals surface area contributed by atoms with Gasteiger partial charge in [-0.15, -0.1) is 0 Å². The van der Waals surface area contributed by atoms with Crippen LogP contribution in [0.1, 0.15) is 16.8 Å². The first-order valence-corrected chi connectivity index (χ1v) is 7.75. The number of urea groups is 1. The molecule has 2 rings (SSSR count). The Morgan fingerprint density at radius 3 is 2.38 bits per heavy atom. The molecule has 1 heterocycles. The van der Waals surface area contributed by atoms with E-state index in [1.807, 2.05) is 0 Å². The van der Waals surface area contributed by atoms with E-state index in [1.54, 1.807) is 4.90 Å². The zero-order valence-corrected chi connectivity index (χ0v) is 13.6. The van der Waals surface area contributed by atoms with Crippen LogP contribution < -0.4 is 5.32 Å². The molecule has 0 bridgehead atoms. The third-order valence-corrected chi connectivity index (χ3v) is 3.94. The van der Waals surface area contributed by atoms with Crippen LogP contribution in [0.3, 0.4) is 0 Å². The molecule has 24 heavy (non-hydrogen) atoms. The van der Waals surface area contributed by atoms with E-state index in [4.69, 9.17) is 16.7 Å². The maximum absolute atomic E-state index is 13.0. The predicted octanol–water partition coefficient (Wildman–Crippen LogP) is 1.42. The fourth-order valence-electron chi connectivity index (χ4n) is 2.33. The van der Waals surface area contributed by atoms with E-state index < -0.39 is 11.8 Å². The number of aliphatic carboxylic acids is 1. The number of nitrogens with one attached hydrogen (secondary N) is 1. The maximum atomic E-state index is 13.0. The predicted molar refractivity (Wildman–Crippen MR) is 84.5 cm³/mol. The number of amides is 3. The van der Waals surface area contributed by atoms with Crippen molar-refractivity contribution in [2.45, 2.75) is 6.42 Å². The molecule has 1 saturated heterocycles. The second-order valence-electron chi connectivity index (χ2n) is 5.28. The van der Waals surface area contributed by atoms with Crippen molar-refractivity contribution in [3.05, 3.63) is 34.6 Å². The molecule has 3 amide bonds. The first kappa shape index (κ1) is 18.0. The summed E-state index contributed by atoms with van der Waals surface area (Å²) >= 11 is 5.90. The molecular weight excluding hydrogens is 341 g/mol. The molecule has 0 radical (unpaired) electrons. The lowest BCUT2D eigenvalue weighted by Crippen LogP contribution is -2.53. The Balaban J connectivity index is 1.86. The number of carboxylic acid groups (broad SMARTS) is 1. The number of hydrogen-bond donors (Lipinski definition) is 2. The van der Waals surface area contributed by atoms with Crippen LogP contribution in [-0.2, 0) is 4.79 Å². The minimum Gasteiger partial charge on any atom is -0.481 e. The largest absolute Gasteiger partial charge is 0.481 e. The second kappa shape index (κ2) is 7.96. The third-order valence-electron chi connectivity index (χ3n) is 3.63. The minimum atomic E-state index is -0.984. The van der Waals surface area contributed by atoms with Crippen LogP contribution in [0.5, 0.6) is 0 Å². The average molecular weight is 358 g/mol. The summed E-state index contributed by atoms with van der Waals surface area (Å²) in [6, 6.07) is 3.24. The summed E-state index contributed by atoms with van der Waals surface area (Å²) < 4.78 is 13.0. The summed E-state index contributed by atoms with van der Waals surface area (Å²) in [6.07, 6.45) is -0.146. The number of nitrogens with zero attached hydrogens (tertiary/aromatic N) is 2. The lowest BCUT2D eigenvalue weighted by atomic mass is 10.1. The van der Waals surface area contributed by atoms with Gasteiger partial charge in [-0.2, -0.15) is 0 Å². The van der Waals surface area contributed by atoms with Crippen LogP contribution in [0.25, 0.3) is 0 Å². The molecule has 7 nitrogen and oxygen atoms in total. The van der Waals surface area contributed by atoms with Gasteiger partial charge in [-0.1, -0.05) is 11.6 Å². The highest BCUT2D eigenvalue weighted by atomic mass is 35.5. The van der Waals surface area contributed by atoms with Crippen LogP contribution in [-0.4, -0.2) is 65.5 Å². The number of halogens is 2. The van der Waals surface area contributed by atoms with Crippen molar-refractivity contribution in [1.29, 1.82) is 0 Å². The lowest BCUT2D eigenvalue weighted by Gasteiger charge is -2.34. The van der Waals surface area contributed by atoms with E-state index in [9.17, 15) is 18.8 Å². The van der Waals surface area contributed by atoms with Crippen LogP contribution in [0.4, 0.5) is 9.18 Å². The Bertz CT molecular complexity index is 648. The van der Waals surface area contributed by atoms with E-state index in [1.165, 1.54) is 17.0 Å². The summed E-state index contributed by atoms with van der Waals surface area (Å²) in [7, 11) is 0. The summed E-state index contributed by atoms with van der Waals surface area (Å²) in [5.41, 5.74) is 0.220. The molecule has 0 aliphatic carbocycles. The molecule has 1 aromatic carbocycles. The molecule has 2 N–H and O–H groups in total. The summed E-state index contributed by atoms with van der Waals surface area (Å²) in [6.45, 7) is 1.34. The van der Waals surface area contributed by atoms with Gasteiger partial charge in [0.1, 0.15) is 5.82 Å². The summed E-state index contributed by atoms with van der Waals surface area (Å²) in [5.74, 6) is -1.81. The zero-order valence-electron chi connectivity index (χ0n) is 12.8. The number of carboxylic acids is 1. The van der Waals surface area contributed by atoms with Crippen LogP contribution in [0, 0.1) is 5.82 Å². The highest BCUT2D eigenvalue weighted by Gasteiger charge is 2.25. The van der Waals surface area contributed by atoms with Gasteiger partial charge in [0.25, 0.3) is 5.91 Å². The van der Waals surface area contributed by atoms with E-state index in [2.05, 4.69) is 5.32 Å². The Hall–Kier alpha value is -2.35. The van der Waals surface area contributed by atoms with Gasteiger partial charge in [-0.3, -0.25) is 9.59 Å². The van der Waals surface area contributed by atoms with E-state index in [0.717, 1.165) is 6.07 Å². The highest BCUT2D eigenvalue weighted by molar-refractivity contribution is 6.33. The molecule has 0 spiro atoms. The van der Waals surface area contributed by atoms with Crippen molar-refractivity contribution in [2.75, 3.05) is 32.7 Å². The smallest absolute Gasteiger partial charge is 0.317 e. The zero-order chi connectivity index (χ0) is 17.7. The monoisotopic (exact) mass is 357 g/mol. The maximum Gasteiger partial charge on any atom is 0.317 e. The quantitative estimate of drug-likeness (QED) is 0.852. The van der Waals surface area contributed by atoms with E-state index >= 15 is 0 Å². The van der Waals surface area contributed by atoms with Gasteiger partial charge in [-0.05, 0) is 18.2 Å². The second-order valence-corrected chi connectivity index (χ2v) is 5.69. The van der Waals surface area contributed by atoms with Crippen molar-refractivity contribution in [1.82, 2.24) is 15.1 Å². The number of carbonyl (C=O) groups excluding carboxylic acids is 2. The molecule has 1 aliphatic heterocycles. The Labute approximate surface area is 143 Å². The molecule has 0 aromatic heterocycles. The molecule has 1 aliphatic rings. The number of hydrogen-bond acceptors (Lipinski definition) is 3. The van der Waals surface area contributed by atoms with Gasteiger partial charge in [0.05, 0.1) is 17.0 Å². The normalized spacial score (nSPS) is 14.4. The van der Waals surface area contributed by atoms with Crippen LogP contribution in [0.2, 0.25) is 5.02 Å². The van der Waals surface area contributed by atoms with Crippen molar-refractivity contribution in [2.24, 2.45) is 0 Å². The van der Waals surface area contributed by atoms with Gasteiger partial charge in [-0.25, -0.2) is 9.18 Å². The van der Waals surface area contributed by atoms with E-state index in [-0.39, 0.29) is 35.5 Å². The fraction of sp³-hybridized carbons (Fsp3) is 0.400. The first-order chi connectivity index (χ1) is 11.4. The van der Waals surface area contributed by atoms with Crippen molar-refractivity contribution < 1.29 is 23.9 Å².